The average Bonchev–Trinajstić information content (AvgIpc) is 3.11. The summed E-state index contributed by atoms with van der Waals surface area (Å²) in [5.41, 5.74) is 4.70. The predicted molar refractivity (Wildman–Crippen MR) is 120 cm³/mol. The molecule has 2 heterocycles. The van der Waals surface area contributed by atoms with E-state index in [0.29, 0.717) is 21.8 Å². The number of aryl methyl sites for hydroxylation is 2. The fourth-order valence-corrected chi connectivity index (χ4v) is 4.00. The Morgan fingerprint density at radius 3 is 2.43 bits per heavy atom. The molecular formula is C23H18ClN3O2S. The van der Waals surface area contributed by atoms with Crippen LogP contribution in [0.25, 0.3) is 11.1 Å². The van der Waals surface area contributed by atoms with E-state index in [1.807, 2.05) is 44.2 Å². The summed E-state index contributed by atoms with van der Waals surface area (Å²) in [4.78, 5) is 17.9. The summed E-state index contributed by atoms with van der Waals surface area (Å²) in [6.45, 7) is 3.83. The minimum absolute atomic E-state index is 0.114. The van der Waals surface area contributed by atoms with Gasteiger partial charge in [-0.2, -0.15) is 0 Å². The number of benzene rings is 2. The minimum atomic E-state index is -0.114. The molecule has 0 aliphatic rings. The van der Waals surface area contributed by atoms with Gasteiger partial charge >= 0.3 is 0 Å². The smallest absolute Gasteiger partial charge is 0.195 e. The first-order valence-electron chi connectivity index (χ1n) is 9.23. The molecule has 0 aliphatic heterocycles. The lowest BCUT2D eigenvalue weighted by Crippen LogP contribution is -2.05. The van der Waals surface area contributed by atoms with Crippen molar-refractivity contribution in [1.82, 2.24) is 10.1 Å². The van der Waals surface area contributed by atoms with Crippen LogP contribution in [0.15, 0.2) is 76.4 Å². The molecule has 0 saturated heterocycles. The van der Waals surface area contributed by atoms with Gasteiger partial charge in [-0.05, 0) is 73.8 Å². The van der Waals surface area contributed by atoms with Crippen molar-refractivity contribution in [2.24, 2.45) is 0 Å². The van der Waals surface area contributed by atoms with Crippen LogP contribution in [0, 0.1) is 13.8 Å². The third-order valence-corrected chi connectivity index (χ3v) is 5.69. The summed E-state index contributed by atoms with van der Waals surface area (Å²) in [5, 5.41) is 4.52. The predicted octanol–water partition coefficient (Wildman–Crippen LogP) is 6.36. The standard InChI is InChI=1S/C23H18ClN3O2S/c1-14-22(15(2)29-26-14)16-3-6-19(7-4-16)30-27-21-8-5-18(24)13-20(21)23(28)17-9-11-25-12-10-17/h3-13,27H,1-2H3. The van der Waals surface area contributed by atoms with Crippen molar-refractivity contribution in [3.63, 3.8) is 0 Å². The van der Waals surface area contributed by atoms with Gasteiger partial charge in [-0.3, -0.25) is 9.78 Å². The van der Waals surface area contributed by atoms with Crippen molar-refractivity contribution in [3.05, 3.63) is 94.6 Å². The van der Waals surface area contributed by atoms with E-state index < -0.39 is 0 Å². The minimum Gasteiger partial charge on any atom is -0.361 e. The summed E-state index contributed by atoms with van der Waals surface area (Å²) in [7, 11) is 0. The highest BCUT2D eigenvalue weighted by Gasteiger charge is 2.15. The van der Waals surface area contributed by atoms with Crippen molar-refractivity contribution >= 4 is 35.0 Å². The van der Waals surface area contributed by atoms with Crippen LogP contribution in [0.3, 0.4) is 0 Å². The second kappa shape index (κ2) is 8.73. The third kappa shape index (κ3) is 4.25. The Morgan fingerprint density at radius 1 is 1.03 bits per heavy atom. The van der Waals surface area contributed by atoms with Crippen molar-refractivity contribution < 1.29 is 9.32 Å². The number of halogens is 1. The van der Waals surface area contributed by atoms with Crippen LogP contribution in [0.1, 0.15) is 27.4 Å². The van der Waals surface area contributed by atoms with E-state index >= 15 is 0 Å². The summed E-state index contributed by atoms with van der Waals surface area (Å²) in [6.07, 6.45) is 3.19. The van der Waals surface area contributed by atoms with Crippen molar-refractivity contribution in [2.75, 3.05) is 4.72 Å². The summed E-state index contributed by atoms with van der Waals surface area (Å²) < 4.78 is 8.53. The molecule has 2 aromatic heterocycles. The van der Waals surface area contributed by atoms with Gasteiger partial charge < -0.3 is 9.25 Å². The Hall–Kier alpha value is -3.09. The van der Waals surface area contributed by atoms with Crippen LogP contribution in [-0.2, 0) is 0 Å². The zero-order valence-electron chi connectivity index (χ0n) is 16.3. The molecule has 0 radical (unpaired) electrons. The molecule has 0 amide bonds. The van der Waals surface area contributed by atoms with Gasteiger partial charge in [0.05, 0.1) is 11.4 Å². The van der Waals surface area contributed by atoms with Crippen molar-refractivity contribution in [2.45, 2.75) is 18.7 Å². The number of hydrogen-bond donors (Lipinski definition) is 1. The van der Waals surface area contributed by atoms with Gasteiger partial charge in [0.2, 0.25) is 0 Å². The molecule has 0 atom stereocenters. The molecule has 4 aromatic rings. The molecule has 1 N–H and O–H groups in total. The van der Waals surface area contributed by atoms with Crippen LogP contribution in [0.2, 0.25) is 5.02 Å². The topological polar surface area (TPSA) is 68.0 Å². The lowest BCUT2D eigenvalue weighted by Gasteiger charge is -2.12. The maximum Gasteiger partial charge on any atom is 0.195 e. The van der Waals surface area contributed by atoms with Gasteiger partial charge in [0.25, 0.3) is 0 Å². The van der Waals surface area contributed by atoms with Crippen LogP contribution in [0.5, 0.6) is 0 Å². The number of nitrogens with one attached hydrogen (secondary N) is 1. The summed E-state index contributed by atoms with van der Waals surface area (Å²) in [6, 6.07) is 16.7. The third-order valence-electron chi connectivity index (χ3n) is 4.62. The number of nitrogens with zero attached hydrogens (tertiary/aromatic N) is 2. The molecule has 5 nitrogen and oxygen atoms in total. The van der Waals surface area contributed by atoms with Gasteiger partial charge in [-0.1, -0.05) is 28.9 Å². The quantitative estimate of drug-likeness (QED) is 0.281. The van der Waals surface area contributed by atoms with Gasteiger partial charge in [0.1, 0.15) is 5.76 Å². The Balaban J connectivity index is 1.54. The number of aromatic nitrogens is 2. The fraction of sp³-hybridized carbons (Fsp3) is 0.0870. The number of hydrogen-bond acceptors (Lipinski definition) is 6. The van der Waals surface area contributed by atoms with Crippen molar-refractivity contribution in [1.29, 1.82) is 0 Å². The molecule has 7 heteroatoms. The van der Waals surface area contributed by atoms with Crippen LogP contribution in [-0.4, -0.2) is 15.9 Å². The molecule has 30 heavy (non-hydrogen) atoms. The Bertz CT molecular complexity index is 1170. The Morgan fingerprint density at radius 2 is 1.77 bits per heavy atom. The molecule has 150 valence electrons. The molecule has 0 unspecified atom stereocenters. The summed E-state index contributed by atoms with van der Waals surface area (Å²) in [5.74, 6) is 0.684. The van der Waals surface area contributed by atoms with E-state index in [1.54, 1.807) is 36.7 Å². The Kier molecular flexibility index (Phi) is 5.88. The second-order valence-electron chi connectivity index (χ2n) is 6.68. The number of ketones is 1. The van der Waals surface area contributed by atoms with Gasteiger partial charge in [0.15, 0.2) is 5.78 Å². The molecule has 0 aliphatic carbocycles. The number of pyridine rings is 1. The molecule has 0 bridgehead atoms. The normalized spacial score (nSPS) is 10.8. The zero-order valence-corrected chi connectivity index (χ0v) is 17.9. The largest absolute Gasteiger partial charge is 0.361 e. The lowest BCUT2D eigenvalue weighted by molar-refractivity contribution is 0.103. The molecule has 0 spiro atoms. The number of rotatable bonds is 6. The first kappa shape index (κ1) is 20.2. The first-order chi connectivity index (χ1) is 14.5. The molecule has 2 aromatic carbocycles. The van der Waals surface area contributed by atoms with E-state index in [1.165, 1.54) is 11.9 Å². The van der Waals surface area contributed by atoms with Gasteiger partial charge in [-0.15, -0.1) is 0 Å². The number of anilines is 1. The van der Waals surface area contributed by atoms with E-state index in [-0.39, 0.29) is 5.78 Å². The molecule has 4 rings (SSSR count). The number of carbonyl (C=O) groups excluding carboxylic acids is 1. The summed E-state index contributed by atoms with van der Waals surface area (Å²) >= 11 is 7.57. The highest BCUT2D eigenvalue weighted by Crippen LogP contribution is 2.31. The maximum absolute atomic E-state index is 12.9. The second-order valence-corrected chi connectivity index (χ2v) is 8.00. The molecule has 0 saturated carbocycles. The van der Waals surface area contributed by atoms with E-state index in [9.17, 15) is 4.79 Å². The van der Waals surface area contributed by atoms with Crippen LogP contribution >= 0.6 is 23.5 Å². The van der Waals surface area contributed by atoms with Gasteiger partial charge in [0, 0.05) is 39.0 Å². The zero-order chi connectivity index (χ0) is 21.1. The average molecular weight is 436 g/mol. The van der Waals surface area contributed by atoms with Gasteiger partial charge in [-0.25, -0.2) is 0 Å². The molecular weight excluding hydrogens is 418 g/mol. The van der Waals surface area contributed by atoms with E-state index in [4.69, 9.17) is 16.1 Å². The van der Waals surface area contributed by atoms with E-state index in [2.05, 4.69) is 14.9 Å². The molecule has 0 fully saturated rings. The fourth-order valence-electron chi connectivity index (χ4n) is 3.15. The van der Waals surface area contributed by atoms with Crippen LogP contribution < -0.4 is 4.72 Å². The maximum atomic E-state index is 12.9. The highest BCUT2D eigenvalue weighted by molar-refractivity contribution is 8.00. The monoisotopic (exact) mass is 435 g/mol. The van der Waals surface area contributed by atoms with E-state index in [0.717, 1.165) is 27.5 Å². The van der Waals surface area contributed by atoms with Crippen molar-refractivity contribution in [3.8, 4) is 11.1 Å². The number of carbonyl (C=O) groups is 1. The SMILES string of the molecule is Cc1noc(C)c1-c1ccc(SNc2ccc(Cl)cc2C(=O)c2ccncc2)cc1. The first-order valence-corrected chi connectivity index (χ1v) is 10.4. The van der Waals surface area contributed by atoms with Crippen LogP contribution in [0.4, 0.5) is 5.69 Å². The highest BCUT2D eigenvalue weighted by atomic mass is 35.5. The lowest BCUT2D eigenvalue weighted by atomic mass is 10.0. The Labute approximate surface area is 183 Å².